The van der Waals surface area contributed by atoms with E-state index in [-0.39, 0.29) is 37.3 Å². The lowest BCUT2D eigenvalue weighted by Crippen LogP contribution is -2.50. The Morgan fingerprint density at radius 1 is 1.08 bits per heavy atom. The Kier molecular flexibility index (Phi) is 7.75. The fraction of sp³-hybridized carbons (Fsp3) is 0.478. The maximum Gasteiger partial charge on any atom is 0.416 e. The number of halogens is 3. The minimum Gasteiger partial charge on any atom is -0.480 e. The van der Waals surface area contributed by atoms with Gasteiger partial charge in [-0.1, -0.05) is 12.1 Å². The fourth-order valence-corrected chi connectivity index (χ4v) is 4.95. The maximum absolute atomic E-state index is 12.8. The summed E-state index contributed by atoms with van der Waals surface area (Å²) < 4.78 is 76.8. The van der Waals surface area contributed by atoms with Crippen molar-refractivity contribution in [3.8, 4) is 11.3 Å². The molecular weight excluding hydrogens is 505 g/mol. The number of hydrogen-bond donors (Lipinski definition) is 2. The molecule has 13 heteroatoms. The number of carboxylic acid groups (broad SMARTS) is 1. The Labute approximate surface area is 206 Å². The molecule has 2 heterocycles. The number of alkyl halides is 3. The van der Waals surface area contributed by atoms with Gasteiger partial charge in [0.25, 0.3) is 10.0 Å². The van der Waals surface area contributed by atoms with Gasteiger partial charge in [0.1, 0.15) is 17.4 Å². The highest BCUT2D eigenvalue weighted by Gasteiger charge is 2.37. The van der Waals surface area contributed by atoms with E-state index < -0.39 is 56.5 Å². The van der Waals surface area contributed by atoms with Crippen molar-refractivity contribution in [1.82, 2.24) is 9.62 Å². The molecule has 1 fully saturated rings. The topological polar surface area (TPSA) is 126 Å². The van der Waals surface area contributed by atoms with Crippen LogP contribution < -0.4 is 4.72 Å². The molecule has 0 radical (unpaired) electrons. The molecule has 2 N–H and O–H groups in total. The number of ether oxygens (including phenoxy) is 1. The van der Waals surface area contributed by atoms with E-state index in [1.54, 1.807) is 20.8 Å². The number of rotatable bonds is 6. The number of likely N-dealkylation sites (tertiary alicyclic amines) is 1. The molecule has 1 atom stereocenters. The first-order chi connectivity index (χ1) is 16.6. The molecule has 0 unspecified atom stereocenters. The number of amides is 1. The summed E-state index contributed by atoms with van der Waals surface area (Å²) >= 11 is 0. The van der Waals surface area contributed by atoms with Crippen molar-refractivity contribution >= 4 is 22.1 Å². The lowest BCUT2D eigenvalue weighted by atomic mass is 9.90. The number of piperidine rings is 1. The third kappa shape index (κ3) is 6.78. The monoisotopic (exact) mass is 532 g/mol. The van der Waals surface area contributed by atoms with Crippen molar-refractivity contribution in [3.05, 3.63) is 42.0 Å². The number of hydrogen-bond acceptors (Lipinski definition) is 6. The molecule has 3 rings (SSSR count). The molecule has 9 nitrogen and oxygen atoms in total. The van der Waals surface area contributed by atoms with Crippen LogP contribution in [0.3, 0.4) is 0 Å². The van der Waals surface area contributed by atoms with Crippen molar-refractivity contribution in [2.45, 2.75) is 56.5 Å². The zero-order chi connectivity index (χ0) is 26.9. The summed E-state index contributed by atoms with van der Waals surface area (Å²) in [5, 5.41) is 9.11. The number of sulfonamides is 1. The zero-order valence-corrected chi connectivity index (χ0v) is 20.6. The minimum absolute atomic E-state index is 0.00152. The number of benzene rings is 1. The van der Waals surface area contributed by atoms with Gasteiger partial charge in [0.2, 0.25) is 5.09 Å². The van der Waals surface area contributed by atoms with Gasteiger partial charge >= 0.3 is 18.2 Å². The second-order valence-electron chi connectivity index (χ2n) is 9.44. The Morgan fingerprint density at radius 3 is 2.17 bits per heavy atom. The predicted octanol–water partition coefficient (Wildman–Crippen LogP) is 4.34. The van der Waals surface area contributed by atoms with Gasteiger partial charge in [-0.05, 0) is 63.8 Å². The van der Waals surface area contributed by atoms with E-state index in [2.05, 4.69) is 4.72 Å². The zero-order valence-electron chi connectivity index (χ0n) is 19.8. The standard InChI is InChI=1S/C23H27F3N2O7S/c1-22(2,3)35-21(31)28-12-10-15(11-13-28)19(20(29)30)27-36(32,33)18-9-8-17(34-18)14-4-6-16(7-5-14)23(24,25)26/h4-9,15,19,27H,10-13H2,1-3H3,(H,29,30)/t19-/m1/s1. The summed E-state index contributed by atoms with van der Waals surface area (Å²) in [4.78, 5) is 25.6. The van der Waals surface area contributed by atoms with Crippen LogP contribution in [0.1, 0.15) is 39.2 Å². The molecule has 36 heavy (non-hydrogen) atoms. The number of carbonyl (C=O) groups is 2. The van der Waals surface area contributed by atoms with Gasteiger partial charge in [-0.3, -0.25) is 4.79 Å². The molecule has 1 aliphatic rings. The molecule has 1 saturated heterocycles. The number of nitrogens with zero attached hydrogens (tertiary/aromatic N) is 1. The first-order valence-corrected chi connectivity index (χ1v) is 12.6. The molecular formula is C23H27F3N2O7S. The number of carbonyl (C=O) groups excluding carboxylic acids is 1. The van der Waals surface area contributed by atoms with Gasteiger partial charge in [0.15, 0.2) is 0 Å². The third-order valence-corrected chi connectivity index (χ3v) is 6.87. The molecule has 0 spiro atoms. The van der Waals surface area contributed by atoms with Gasteiger partial charge in [0.05, 0.1) is 5.56 Å². The molecule has 0 aliphatic carbocycles. The number of carboxylic acids is 1. The molecule has 1 aromatic carbocycles. The van der Waals surface area contributed by atoms with E-state index in [1.807, 2.05) is 0 Å². The Bertz CT molecular complexity index is 1190. The lowest BCUT2D eigenvalue weighted by molar-refractivity contribution is -0.141. The van der Waals surface area contributed by atoms with Gasteiger partial charge in [-0.15, -0.1) is 0 Å². The van der Waals surface area contributed by atoms with E-state index in [4.69, 9.17) is 9.15 Å². The lowest BCUT2D eigenvalue weighted by Gasteiger charge is -2.35. The average Bonchev–Trinajstić information content (AvgIpc) is 3.27. The van der Waals surface area contributed by atoms with Crippen molar-refractivity contribution in [2.24, 2.45) is 5.92 Å². The molecule has 2 aromatic rings. The largest absolute Gasteiger partial charge is 0.480 e. The van der Waals surface area contributed by atoms with Gasteiger partial charge < -0.3 is 19.2 Å². The number of nitrogens with one attached hydrogen (secondary N) is 1. The number of furan rings is 1. The van der Waals surface area contributed by atoms with Crippen LogP contribution in [0, 0.1) is 5.92 Å². The van der Waals surface area contributed by atoms with Crippen molar-refractivity contribution < 1.29 is 45.4 Å². The second kappa shape index (κ2) is 10.1. The summed E-state index contributed by atoms with van der Waals surface area (Å²) in [6, 6.07) is 4.86. The first kappa shape index (κ1) is 27.5. The van der Waals surface area contributed by atoms with Crippen LogP contribution in [0.5, 0.6) is 0 Å². The normalized spacial score (nSPS) is 16.6. The van der Waals surface area contributed by atoms with Crippen LogP contribution in [-0.4, -0.2) is 55.2 Å². The summed E-state index contributed by atoms with van der Waals surface area (Å²) in [6.45, 7) is 5.58. The van der Waals surface area contributed by atoms with E-state index in [1.165, 1.54) is 11.0 Å². The van der Waals surface area contributed by atoms with Crippen molar-refractivity contribution in [3.63, 3.8) is 0 Å². The maximum atomic E-state index is 12.8. The van der Waals surface area contributed by atoms with Gasteiger partial charge in [-0.25, -0.2) is 13.2 Å². The summed E-state index contributed by atoms with van der Waals surface area (Å²) in [6.07, 6.45) is -4.59. The van der Waals surface area contributed by atoms with Crippen LogP contribution in [-0.2, 0) is 25.7 Å². The molecule has 1 aliphatic heterocycles. The molecule has 1 amide bonds. The van der Waals surface area contributed by atoms with Crippen LogP contribution in [0.15, 0.2) is 45.9 Å². The van der Waals surface area contributed by atoms with Crippen molar-refractivity contribution in [1.29, 1.82) is 0 Å². The Balaban J connectivity index is 1.69. The van der Waals surface area contributed by atoms with E-state index >= 15 is 0 Å². The molecule has 1 aromatic heterocycles. The van der Waals surface area contributed by atoms with Gasteiger partial charge in [-0.2, -0.15) is 17.9 Å². The average molecular weight is 533 g/mol. The summed E-state index contributed by atoms with van der Waals surface area (Å²) in [5.74, 6) is -1.98. The predicted molar refractivity (Wildman–Crippen MR) is 121 cm³/mol. The van der Waals surface area contributed by atoms with Crippen LogP contribution >= 0.6 is 0 Å². The van der Waals surface area contributed by atoms with E-state index in [0.717, 1.165) is 30.3 Å². The van der Waals surface area contributed by atoms with Crippen LogP contribution in [0.4, 0.5) is 18.0 Å². The van der Waals surface area contributed by atoms with Crippen LogP contribution in [0.25, 0.3) is 11.3 Å². The highest BCUT2D eigenvalue weighted by atomic mass is 32.2. The van der Waals surface area contributed by atoms with Crippen molar-refractivity contribution in [2.75, 3.05) is 13.1 Å². The highest BCUT2D eigenvalue weighted by molar-refractivity contribution is 7.89. The fourth-order valence-electron chi connectivity index (χ4n) is 3.76. The van der Waals surface area contributed by atoms with E-state index in [0.29, 0.717) is 0 Å². The molecule has 0 bridgehead atoms. The van der Waals surface area contributed by atoms with Crippen LogP contribution in [0.2, 0.25) is 0 Å². The third-order valence-electron chi connectivity index (χ3n) is 5.55. The number of aliphatic carboxylic acids is 1. The second-order valence-corrected chi connectivity index (χ2v) is 11.1. The molecule has 198 valence electrons. The summed E-state index contributed by atoms with van der Waals surface area (Å²) in [5.41, 5.74) is -1.34. The summed E-state index contributed by atoms with van der Waals surface area (Å²) in [7, 11) is -4.41. The highest BCUT2D eigenvalue weighted by Crippen LogP contribution is 2.32. The first-order valence-electron chi connectivity index (χ1n) is 11.1. The van der Waals surface area contributed by atoms with E-state index in [9.17, 15) is 36.3 Å². The minimum atomic E-state index is -4.52. The SMILES string of the molecule is CC(C)(C)OC(=O)N1CCC([C@@H](NS(=O)(=O)c2ccc(-c3ccc(C(F)(F)F)cc3)o2)C(=O)O)CC1. The quantitative estimate of drug-likeness (QED) is 0.567. The Morgan fingerprint density at radius 2 is 1.67 bits per heavy atom. The Hall–Kier alpha value is -3.06. The molecule has 0 saturated carbocycles. The van der Waals surface area contributed by atoms with Gasteiger partial charge in [0, 0.05) is 18.7 Å². The smallest absolute Gasteiger partial charge is 0.416 e.